The topological polar surface area (TPSA) is 48.0 Å². The maximum atomic E-state index is 12.2. The third kappa shape index (κ3) is 2.09. The molecule has 1 aromatic carbocycles. The van der Waals surface area contributed by atoms with Gasteiger partial charge >= 0.3 is 0 Å². The minimum absolute atomic E-state index is 0.00641. The molecule has 0 saturated carbocycles. The molecule has 0 aliphatic heterocycles. The number of nitrogens with two attached hydrogens (primary N) is 1. The van der Waals surface area contributed by atoms with Crippen molar-refractivity contribution in [2.75, 3.05) is 0 Å². The highest BCUT2D eigenvalue weighted by Crippen LogP contribution is 2.20. The predicted molar refractivity (Wildman–Crippen MR) is 74.5 cm³/mol. The lowest BCUT2D eigenvalue weighted by Gasteiger charge is -2.12. The van der Waals surface area contributed by atoms with Crippen LogP contribution in [0, 0.1) is 13.8 Å². The van der Waals surface area contributed by atoms with Crippen molar-refractivity contribution >= 4 is 0 Å². The van der Waals surface area contributed by atoms with E-state index in [9.17, 15) is 4.79 Å². The average molecular weight is 242 g/mol. The van der Waals surface area contributed by atoms with Gasteiger partial charge in [0, 0.05) is 19.2 Å². The van der Waals surface area contributed by atoms with Gasteiger partial charge in [0.15, 0.2) is 0 Å². The van der Waals surface area contributed by atoms with Crippen LogP contribution in [0.3, 0.4) is 0 Å². The van der Waals surface area contributed by atoms with Crippen LogP contribution in [0.1, 0.15) is 16.7 Å². The van der Waals surface area contributed by atoms with Crippen molar-refractivity contribution in [2.45, 2.75) is 20.4 Å². The molecule has 0 bridgehead atoms. The van der Waals surface area contributed by atoms with Gasteiger partial charge in [0.25, 0.3) is 5.56 Å². The van der Waals surface area contributed by atoms with E-state index in [1.54, 1.807) is 11.6 Å². The summed E-state index contributed by atoms with van der Waals surface area (Å²) in [5.41, 5.74) is 10.4. The van der Waals surface area contributed by atoms with Crippen LogP contribution in [0.15, 0.2) is 35.1 Å². The molecule has 18 heavy (non-hydrogen) atoms. The molecule has 0 fully saturated rings. The molecule has 0 radical (unpaired) electrons. The van der Waals surface area contributed by atoms with Gasteiger partial charge < -0.3 is 10.3 Å². The molecule has 94 valence electrons. The molecule has 0 aliphatic carbocycles. The summed E-state index contributed by atoms with van der Waals surface area (Å²) in [6.45, 7) is 4.26. The van der Waals surface area contributed by atoms with Gasteiger partial charge in [-0.3, -0.25) is 4.79 Å². The smallest absolute Gasteiger partial charge is 0.255 e. The summed E-state index contributed by atoms with van der Waals surface area (Å²) in [5, 5.41) is 0. The number of nitrogens with zero attached hydrogens (tertiary/aromatic N) is 1. The van der Waals surface area contributed by atoms with Crippen LogP contribution >= 0.6 is 0 Å². The summed E-state index contributed by atoms with van der Waals surface area (Å²) in [5.74, 6) is 0. The van der Waals surface area contributed by atoms with E-state index < -0.39 is 0 Å². The van der Waals surface area contributed by atoms with Crippen LogP contribution < -0.4 is 11.3 Å². The molecule has 0 aliphatic rings. The first kappa shape index (κ1) is 12.6. The van der Waals surface area contributed by atoms with E-state index >= 15 is 0 Å². The minimum Gasteiger partial charge on any atom is -0.326 e. The van der Waals surface area contributed by atoms with Gasteiger partial charge in [0.05, 0.1) is 5.69 Å². The lowest BCUT2D eigenvalue weighted by Crippen LogP contribution is -2.25. The lowest BCUT2D eigenvalue weighted by molar-refractivity contribution is 0.831. The van der Waals surface area contributed by atoms with Gasteiger partial charge in [-0.2, -0.15) is 0 Å². The van der Waals surface area contributed by atoms with Crippen molar-refractivity contribution in [2.24, 2.45) is 12.8 Å². The summed E-state index contributed by atoms with van der Waals surface area (Å²) >= 11 is 0. The fourth-order valence-corrected chi connectivity index (χ4v) is 2.12. The Morgan fingerprint density at radius 1 is 1.17 bits per heavy atom. The zero-order valence-electron chi connectivity index (χ0n) is 11.0. The zero-order valence-corrected chi connectivity index (χ0v) is 11.0. The molecule has 0 spiro atoms. The maximum Gasteiger partial charge on any atom is 0.255 e. The predicted octanol–water partition coefficient (Wildman–Crippen LogP) is 2.13. The Hall–Kier alpha value is -1.87. The average Bonchev–Trinajstić information content (AvgIpc) is 2.36. The normalized spacial score (nSPS) is 10.7. The van der Waals surface area contributed by atoms with Crippen LogP contribution in [0.5, 0.6) is 0 Å². The Bertz CT molecular complexity index is 624. The number of aryl methyl sites for hydroxylation is 2. The second kappa shape index (κ2) is 4.78. The van der Waals surface area contributed by atoms with Gasteiger partial charge in [-0.25, -0.2) is 0 Å². The highest BCUT2D eigenvalue weighted by Gasteiger charge is 2.09. The molecule has 2 rings (SSSR count). The van der Waals surface area contributed by atoms with Crippen LogP contribution in [-0.4, -0.2) is 4.57 Å². The Balaban J connectivity index is 2.66. The van der Waals surface area contributed by atoms with Gasteiger partial charge in [-0.15, -0.1) is 0 Å². The van der Waals surface area contributed by atoms with Crippen LogP contribution in [0.2, 0.25) is 0 Å². The summed E-state index contributed by atoms with van der Waals surface area (Å²) in [7, 11) is 1.79. The molecule has 2 aromatic rings. The van der Waals surface area contributed by atoms with Crippen molar-refractivity contribution in [1.29, 1.82) is 0 Å². The van der Waals surface area contributed by atoms with Crippen molar-refractivity contribution in [3.8, 4) is 11.3 Å². The molecular formula is C15H18N2O. The summed E-state index contributed by atoms with van der Waals surface area (Å²) in [6.07, 6.45) is 0. The zero-order chi connectivity index (χ0) is 13.3. The second-order valence-electron chi connectivity index (χ2n) is 4.63. The van der Waals surface area contributed by atoms with E-state index in [1.807, 2.05) is 44.2 Å². The second-order valence-corrected chi connectivity index (χ2v) is 4.63. The van der Waals surface area contributed by atoms with Crippen LogP contribution in [0.4, 0.5) is 0 Å². The van der Waals surface area contributed by atoms with Crippen molar-refractivity contribution in [3.63, 3.8) is 0 Å². The van der Waals surface area contributed by atoms with Crippen molar-refractivity contribution in [1.82, 2.24) is 4.57 Å². The van der Waals surface area contributed by atoms with Crippen LogP contribution in [-0.2, 0) is 13.6 Å². The van der Waals surface area contributed by atoms with E-state index in [0.717, 1.165) is 16.8 Å². The van der Waals surface area contributed by atoms with E-state index in [2.05, 4.69) is 0 Å². The molecule has 1 heterocycles. The number of hydrogen-bond acceptors (Lipinski definition) is 2. The first-order chi connectivity index (χ1) is 8.54. The Morgan fingerprint density at radius 2 is 1.78 bits per heavy atom. The highest BCUT2D eigenvalue weighted by atomic mass is 16.1. The SMILES string of the molecule is Cc1ccc(-c2cc(C)c(CN)c(=O)n2C)cc1. The van der Waals surface area contributed by atoms with E-state index in [1.165, 1.54) is 5.56 Å². The third-order valence-corrected chi connectivity index (χ3v) is 3.30. The van der Waals surface area contributed by atoms with E-state index in [4.69, 9.17) is 5.73 Å². The molecular weight excluding hydrogens is 224 g/mol. The van der Waals surface area contributed by atoms with Gasteiger partial charge in [-0.1, -0.05) is 29.8 Å². The standard InChI is InChI=1S/C15H18N2O/c1-10-4-6-12(7-5-10)14-8-11(2)13(9-16)15(18)17(14)3/h4-8H,9,16H2,1-3H3. The van der Waals surface area contributed by atoms with Crippen LogP contribution in [0.25, 0.3) is 11.3 Å². The first-order valence-electron chi connectivity index (χ1n) is 6.01. The first-order valence-corrected chi connectivity index (χ1v) is 6.01. The summed E-state index contributed by atoms with van der Waals surface area (Å²) in [6, 6.07) is 10.2. The minimum atomic E-state index is -0.00641. The van der Waals surface area contributed by atoms with Crippen molar-refractivity contribution < 1.29 is 0 Å². The fraction of sp³-hybridized carbons (Fsp3) is 0.267. The lowest BCUT2D eigenvalue weighted by atomic mass is 10.0. The van der Waals surface area contributed by atoms with E-state index in [0.29, 0.717) is 5.56 Å². The molecule has 0 saturated heterocycles. The molecule has 3 nitrogen and oxygen atoms in total. The molecule has 0 atom stereocenters. The van der Waals surface area contributed by atoms with Crippen molar-refractivity contribution in [3.05, 3.63) is 57.4 Å². The molecule has 0 amide bonds. The number of rotatable bonds is 2. The third-order valence-electron chi connectivity index (χ3n) is 3.30. The van der Waals surface area contributed by atoms with E-state index in [-0.39, 0.29) is 12.1 Å². The molecule has 2 N–H and O–H groups in total. The number of benzene rings is 1. The van der Waals surface area contributed by atoms with Gasteiger partial charge in [0.2, 0.25) is 0 Å². The molecule has 1 aromatic heterocycles. The quantitative estimate of drug-likeness (QED) is 0.877. The Morgan fingerprint density at radius 3 is 2.33 bits per heavy atom. The summed E-state index contributed by atoms with van der Waals surface area (Å²) in [4.78, 5) is 12.2. The monoisotopic (exact) mass is 242 g/mol. The number of pyridine rings is 1. The van der Waals surface area contributed by atoms with Gasteiger partial charge in [0.1, 0.15) is 0 Å². The largest absolute Gasteiger partial charge is 0.326 e. The maximum absolute atomic E-state index is 12.2. The highest BCUT2D eigenvalue weighted by molar-refractivity contribution is 5.61. The Labute approximate surface area is 107 Å². The summed E-state index contributed by atoms with van der Waals surface area (Å²) < 4.78 is 1.67. The fourth-order valence-electron chi connectivity index (χ4n) is 2.12. The Kier molecular flexibility index (Phi) is 3.34. The number of aromatic nitrogens is 1. The van der Waals surface area contributed by atoms with Gasteiger partial charge in [-0.05, 0) is 31.0 Å². The molecule has 3 heteroatoms. The molecule has 0 unspecified atom stereocenters. The number of hydrogen-bond donors (Lipinski definition) is 1.